The second-order valence-corrected chi connectivity index (χ2v) is 7.17. The number of nitrogen functional groups attached to an aromatic ring is 1. The number of ether oxygens (including phenoxy) is 2. The van der Waals surface area contributed by atoms with Gasteiger partial charge in [0.2, 0.25) is 0 Å². The first-order valence-electron chi connectivity index (χ1n) is 10.3. The number of methoxy groups -OCH3 is 2. The van der Waals surface area contributed by atoms with Crippen LogP contribution in [0.4, 0.5) is 5.69 Å². The first-order valence-corrected chi connectivity index (χ1v) is 10.3. The molecule has 0 radical (unpaired) electrons. The molecule has 7 heteroatoms. The Bertz CT molecular complexity index is 1010. The molecule has 0 saturated heterocycles. The minimum absolute atomic E-state index is 0.147. The maximum atomic E-state index is 13.0. The fourth-order valence-electron chi connectivity index (χ4n) is 3.63. The quantitative estimate of drug-likeness (QED) is 0.396. The monoisotopic (exact) mass is 410 g/mol. The predicted octanol–water partition coefficient (Wildman–Crippen LogP) is 3.20. The van der Waals surface area contributed by atoms with Gasteiger partial charge in [0.15, 0.2) is 0 Å². The van der Waals surface area contributed by atoms with Crippen molar-refractivity contribution in [3.8, 4) is 5.75 Å². The van der Waals surface area contributed by atoms with Gasteiger partial charge in [0, 0.05) is 38.9 Å². The van der Waals surface area contributed by atoms with Gasteiger partial charge in [-0.3, -0.25) is 4.79 Å². The van der Waals surface area contributed by atoms with Gasteiger partial charge in [-0.2, -0.15) is 0 Å². The molecule has 1 aromatic heterocycles. The van der Waals surface area contributed by atoms with Crippen LogP contribution in [-0.4, -0.2) is 42.8 Å². The first-order chi connectivity index (χ1) is 14.6. The van der Waals surface area contributed by atoms with Crippen molar-refractivity contribution in [1.29, 1.82) is 0 Å². The number of carbonyl (C=O) groups is 1. The minimum Gasteiger partial charge on any atom is -0.497 e. The fraction of sp³-hybridized carbons (Fsp3) is 0.391. The molecule has 0 atom stereocenters. The molecule has 1 heterocycles. The zero-order chi connectivity index (χ0) is 21.5. The number of hydrogen-bond donors (Lipinski definition) is 2. The standard InChI is InChI=1S/C23H30N4O3/c1-4-21-26-20-15-17(24)14-19(22(20)27(21)11-6-12-29-2)23(28)25-10-9-16-7-5-8-18(13-16)30-3/h5,7-8,13-15H,4,6,9-12,24H2,1-3H3,(H,25,28). The highest BCUT2D eigenvalue weighted by molar-refractivity contribution is 6.06. The Hall–Kier alpha value is -3.06. The van der Waals surface area contributed by atoms with Crippen molar-refractivity contribution in [2.24, 2.45) is 0 Å². The van der Waals surface area contributed by atoms with Crippen molar-refractivity contribution in [1.82, 2.24) is 14.9 Å². The number of hydrogen-bond acceptors (Lipinski definition) is 5. The summed E-state index contributed by atoms with van der Waals surface area (Å²) in [6, 6.07) is 11.4. The van der Waals surface area contributed by atoms with E-state index in [4.69, 9.17) is 20.2 Å². The molecule has 0 unspecified atom stereocenters. The van der Waals surface area contributed by atoms with E-state index in [0.29, 0.717) is 30.8 Å². The Balaban J connectivity index is 1.82. The van der Waals surface area contributed by atoms with Crippen LogP contribution in [0.3, 0.4) is 0 Å². The summed E-state index contributed by atoms with van der Waals surface area (Å²) in [7, 11) is 3.33. The van der Waals surface area contributed by atoms with Crippen LogP contribution in [-0.2, 0) is 24.1 Å². The molecule has 7 nitrogen and oxygen atoms in total. The number of carbonyl (C=O) groups excluding carboxylic acids is 1. The zero-order valence-corrected chi connectivity index (χ0v) is 17.9. The van der Waals surface area contributed by atoms with Crippen molar-refractivity contribution in [3.05, 3.63) is 53.3 Å². The van der Waals surface area contributed by atoms with E-state index in [1.54, 1.807) is 20.3 Å². The van der Waals surface area contributed by atoms with E-state index in [1.165, 1.54) is 0 Å². The second kappa shape index (κ2) is 10.1. The predicted molar refractivity (Wildman–Crippen MR) is 119 cm³/mol. The maximum absolute atomic E-state index is 13.0. The molecule has 0 saturated carbocycles. The van der Waals surface area contributed by atoms with E-state index >= 15 is 0 Å². The van der Waals surface area contributed by atoms with Gasteiger partial charge in [-0.25, -0.2) is 4.98 Å². The van der Waals surface area contributed by atoms with Crippen molar-refractivity contribution in [2.75, 3.05) is 33.1 Å². The number of aromatic nitrogens is 2. The number of nitrogens with two attached hydrogens (primary N) is 1. The van der Waals surface area contributed by atoms with E-state index in [2.05, 4.69) is 16.8 Å². The third-order valence-electron chi connectivity index (χ3n) is 5.07. The van der Waals surface area contributed by atoms with E-state index in [9.17, 15) is 4.79 Å². The van der Waals surface area contributed by atoms with Gasteiger partial charge < -0.3 is 25.1 Å². The SMILES string of the molecule is CCc1nc2cc(N)cc(C(=O)NCCc3cccc(OC)c3)c2n1CCCOC. The Morgan fingerprint density at radius 2 is 2.07 bits per heavy atom. The van der Waals surface area contributed by atoms with Gasteiger partial charge in [0.1, 0.15) is 11.6 Å². The van der Waals surface area contributed by atoms with Gasteiger partial charge in [-0.05, 0) is 42.7 Å². The van der Waals surface area contributed by atoms with E-state index < -0.39 is 0 Å². The Labute approximate surface area is 177 Å². The molecule has 0 bridgehead atoms. The zero-order valence-electron chi connectivity index (χ0n) is 17.9. The lowest BCUT2D eigenvalue weighted by Crippen LogP contribution is -2.26. The molecule has 0 spiro atoms. The Kier molecular flexibility index (Phi) is 7.30. The number of benzene rings is 2. The highest BCUT2D eigenvalue weighted by Crippen LogP contribution is 2.25. The van der Waals surface area contributed by atoms with Crippen LogP contribution in [0.2, 0.25) is 0 Å². The summed E-state index contributed by atoms with van der Waals surface area (Å²) in [5, 5.41) is 3.02. The number of rotatable bonds is 10. The van der Waals surface area contributed by atoms with E-state index in [1.807, 2.05) is 30.3 Å². The van der Waals surface area contributed by atoms with Crippen LogP contribution in [0.15, 0.2) is 36.4 Å². The number of fused-ring (bicyclic) bond motifs is 1. The molecule has 3 N–H and O–H groups in total. The molecule has 3 rings (SSSR count). The van der Waals surface area contributed by atoms with Crippen LogP contribution < -0.4 is 15.8 Å². The van der Waals surface area contributed by atoms with Crippen molar-refractivity contribution < 1.29 is 14.3 Å². The van der Waals surface area contributed by atoms with Gasteiger partial charge in [0.25, 0.3) is 5.91 Å². The summed E-state index contributed by atoms with van der Waals surface area (Å²) in [6.07, 6.45) is 2.33. The van der Waals surface area contributed by atoms with Crippen LogP contribution in [0.25, 0.3) is 11.0 Å². The Morgan fingerprint density at radius 3 is 2.80 bits per heavy atom. The summed E-state index contributed by atoms with van der Waals surface area (Å²) >= 11 is 0. The van der Waals surface area contributed by atoms with Crippen LogP contribution in [0.5, 0.6) is 5.75 Å². The molecule has 0 aliphatic rings. The third-order valence-corrected chi connectivity index (χ3v) is 5.07. The van der Waals surface area contributed by atoms with E-state index in [-0.39, 0.29) is 5.91 Å². The number of anilines is 1. The van der Waals surface area contributed by atoms with Crippen molar-refractivity contribution in [2.45, 2.75) is 32.7 Å². The van der Waals surface area contributed by atoms with Crippen LogP contribution in [0.1, 0.15) is 35.1 Å². The lowest BCUT2D eigenvalue weighted by atomic mass is 10.1. The lowest BCUT2D eigenvalue weighted by molar-refractivity contribution is 0.0955. The molecule has 160 valence electrons. The molecule has 3 aromatic rings. The number of nitrogens with zero attached hydrogens (tertiary/aromatic N) is 2. The summed E-state index contributed by atoms with van der Waals surface area (Å²) in [5.41, 5.74) is 9.85. The van der Waals surface area contributed by atoms with Crippen molar-refractivity contribution in [3.63, 3.8) is 0 Å². The van der Waals surface area contributed by atoms with Gasteiger partial charge in [0.05, 0.1) is 23.7 Å². The van der Waals surface area contributed by atoms with E-state index in [0.717, 1.165) is 47.6 Å². The fourth-order valence-corrected chi connectivity index (χ4v) is 3.63. The summed E-state index contributed by atoms with van der Waals surface area (Å²) in [6.45, 7) is 3.97. The first kappa shape index (κ1) is 21.6. The lowest BCUT2D eigenvalue weighted by Gasteiger charge is -2.12. The number of amides is 1. The second-order valence-electron chi connectivity index (χ2n) is 7.17. The number of nitrogens with one attached hydrogen (secondary N) is 1. The molecular formula is C23H30N4O3. The molecule has 1 amide bonds. The summed E-state index contributed by atoms with van der Waals surface area (Å²) in [5.74, 6) is 1.60. The van der Waals surface area contributed by atoms with Gasteiger partial charge in [-0.15, -0.1) is 0 Å². The van der Waals surface area contributed by atoms with Gasteiger partial charge in [-0.1, -0.05) is 19.1 Å². The molecule has 30 heavy (non-hydrogen) atoms. The third kappa shape index (κ3) is 4.91. The van der Waals surface area contributed by atoms with Crippen LogP contribution in [0, 0.1) is 0 Å². The summed E-state index contributed by atoms with van der Waals surface area (Å²) in [4.78, 5) is 17.8. The minimum atomic E-state index is -0.147. The molecule has 0 aliphatic carbocycles. The maximum Gasteiger partial charge on any atom is 0.253 e. The topological polar surface area (TPSA) is 91.4 Å². The van der Waals surface area contributed by atoms with Crippen LogP contribution >= 0.6 is 0 Å². The van der Waals surface area contributed by atoms with Crippen molar-refractivity contribution >= 4 is 22.6 Å². The number of imidazole rings is 1. The average Bonchev–Trinajstić information content (AvgIpc) is 3.10. The van der Waals surface area contributed by atoms with Gasteiger partial charge >= 0.3 is 0 Å². The molecular weight excluding hydrogens is 380 g/mol. The summed E-state index contributed by atoms with van der Waals surface area (Å²) < 4.78 is 12.6. The average molecular weight is 411 g/mol. The highest BCUT2D eigenvalue weighted by Gasteiger charge is 2.18. The molecule has 0 fully saturated rings. The molecule has 2 aromatic carbocycles. The highest BCUT2D eigenvalue weighted by atomic mass is 16.5. The number of aryl methyl sites for hydroxylation is 2. The largest absolute Gasteiger partial charge is 0.497 e. The molecule has 0 aliphatic heterocycles. The smallest absolute Gasteiger partial charge is 0.253 e. The normalized spacial score (nSPS) is 11.0. The Morgan fingerprint density at radius 1 is 1.23 bits per heavy atom.